The van der Waals surface area contributed by atoms with Crippen LogP contribution in [0, 0.1) is 5.92 Å². The van der Waals surface area contributed by atoms with Crippen LogP contribution in [0.2, 0.25) is 10.0 Å². The van der Waals surface area contributed by atoms with E-state index in [4.69, 9.17) is 23.2 Å². The Morgan fingerprint density at radius 3 is 2.71 bits per heavy atom. The fourth-order valence-corrected chi connectivity index (χ4v) is 3.38. The monoisotopic (exact) mass is 291 g/mol. The van der Waals surface area contributed by atoms with Gasteiger partial charge in [0, 0.05) is 18.5 Å². The molecule has 0 unspecified atom stereocenters. The molecule has 0 radical (unpaired) electrons. The van der Waals surface area contributed by atoms with E-state index in [9.17, 15) is 0 Å². The van der Waals surface area contributed by atoms with Crippen LogP contribution in [0.3, 0.4) is 0 Å². The van der Waals surface area contributed by atoms with Crippen LogP contribution in [-0.4, -0.2) is 24.5 Å². The van der Waals surface area contributed by atoms with Gasteiger partial charge >= 0.3 is 0 Å². The Bertz CT molecular complexity index is 435. The van der Waals surface area contributed by atoms with Crippen molar-refractivity contribution in [3.05, 3.63) is 33.8 Å². The number of nitrogens with zero attached hydrogens (tertiary/aromatic N) is 1. The SMILES string of the molecule is CCN1C[C@@H]2C[C@@]2(c2ccc(Cl)c(Cl)c2)C1.Cl. The van der Waals surface area contributed by atoms with Crippen molar-refractivity contribution in [3.63, 3.8) is 0 Å². The van der Waals surface area contributed by atoms with Gasteiger partial charge in [-0.1, -0.05) is 36.2 Å². The Morgan fingerprint density at radius 1 is 1.35 bits per heavy atom. The summed E-state index contributed by atoms with van der Waals surface area (Å²) in [6, 6.07) is 6.13. The van der Waals surface area contributed by atoms with Gasteiger partial charge in [0.1, 0.15) is 0 Å². The molecule has 4 heteroatoms. The zero-order valence-corrected chi connectivity index (χ0v) is 12.1. The highest BCUT2D eigenvalue weighted by Gasteiger charge is 2.60. The van der Waals surface area contributed by atoms with E-state index in [1.807, 2.05) is 6.07 Å². The second kappa shape index (κ2) is 4.62. The number of benzene rings is 1. The standard InChI is InChI=1S/C13H15Cl2N.ClH/c1-2-16-7-10-6-13(10,8-16)9-3-4-11(14)12(15)5-9;/h3-5,10H,2,6-8H2,1H3;1H/t10-,13-;/m0./s1. The van der Waals surface area contributed by atoms with E-state index in [2.05, 4.69) is 24.0 Å². The average Bonchev–Trinajstić information content (AvgIpc) is 2.86. The van der Waals surface area contributed by atoms with Crippen molar-refractivity contribution >= 4 is 35.6 Å². The third-order valence-corrected chi connectivity index (χ3v) is 4.90. The van der Waals surface area contributed by atoms with Crippen LogP contribution in [0.15, 0.2) is 18.2 Å². The van der Waals surface area contributed by atoms with Gasteiger partial charge in [-0.25, -0.2) is 0 Å². The lowest BCUT2D eigenvalue weighted by Gasteiger charge is -2.19. The minimum absolute atomic E-state index is 0. The molecule has 1 aromatic carbocycles. The van der Waals surface area contributed by atoms with Gasteiger partial charge in [-0.2, -0.15) is 0 Å². The van der Waals surface area contributed by atoms with E-state index >= 15 is 0 Å². The topological polar surface area (TPSA) is 3.24 Å². The Labute approximate surface area is 118 Å². The maximum Gasteiger partial charge on any atom is 0.0595 e. The van der Waals surface area contributed by atoms with Gasteiger partial charge in [0.15, 0.2) is 0 Å². The summed E-state index contributed by atoms with van der Waals surface area (Å²) in [4.78, 5) is 2.52. The molecule has 1 aliphatic heterocycles. The third-order valence-electron chi connectivity index (χ3n) is 4.16. The minimum Gasteiger partial charge on any atom is -0.302 e. The van der Waals surface area contributed by atoms with Gasteiger partial charge in [0.25, 0.3) is 0 Å². The van der Waals surface area contributed by atoms with Crippen molar-refractivity contribution in [2.45, 2.75) is 18.8 Å². The lowest BCUT2D eigenvalue weighted by Crippen LogP contribution is -2.26. The van der Waals surface area contributed by atoms with E-state index in [-0.39, 0.29) is 12.4 Å². The van der Waals surface area contributed by atoms with Crippen LogP contribution in [-0.2, 0) is 5.41 Å². The number of hydrogen-bond donors (Lipinski definition) is 0. The lowest BCUT2D eigenvalue weighted by molar-refractivity contribution is 0.314. The van der Waals surface area contributed by atoms with E-state index < -0.39 is 0 Å². The molecule has 2 atom stereocenters. The lowest BCUT2D eigenvalue weighted by atomic mass is 9.95. The maximum absolute atomic E-state index is 6.10. The van der Waals surface area contributed by atoms with Gasteiger partial charge in [-0.05, 0) is 36.6 Å². The molecule has 1 saturated heterocycles. The van der Waals surface area contributed by atoms with Gasteiger partial charge in [-0.15, -0.1) is 12.4 Å². The first-order chi connectivity index (χ1) is 7.65. The molecule has 1 heterocycles. The van der Waals surface area contributed by atoms with Crippen LogP contribution >= 0.6 is 35.6 Å². The van der Waals surface area contributed by atoms with Gasteiger partial charge in [-0.3, -0.25) is 0 Å². The molecule has 0 amide bonds. The number of piperidine rings is 1. The van der Waals surface area contributed by atoms with Crippen LogP contribution in [0.25, 0.3) is 0 Å². The predicted molar refractivity (Wildman–Crippen MR) is 75.6 cm³/mol. The second-order valence-corrected chi connectivity index (χ2v) is 5.83. The molecule has 94 valence electrons. The highest BCUT2D eigenvalue weighted by molar-refractivity contribution is 6.42. The highest BCUT2D eigenvalue weighted by atomic mass is 35.5. The van der Waals surface area contributed by atoms with Crippen molar-refractivity contribution in [2.24, 2.45) is 5.92 Å². The first-order valence-electron chi connectivity index (χ1n) is 5.83. The highest BCUT2D eigenvalue weighted by Crippen LogP contribution is 2.59. The molecule has 17 heavy (non-hydrogen) atoms. The summed E-state index contributed by atoms with van der Waals surface area (Å²) in [5.41, 5.74) is 1.77. The summed E-state index contributed by atoms with van der Waals surface area (Å²) in [5.74, 6) is 0.838. The van der Waals surface area contributed by atoms with Crippen LogP contribution in [0.1, 0.15) is 18.9 Å². The molecular weight excluding hydrogens is 277 g/mol. The van der Waals surface area contributed by atoms with Crippen LogP contribution in [0.4, 0.5) is 0 Å². The summed E-state index contributed by atoms with van der Waals surface area (Å²) in [5, 5.41) is 1.35. The molecule has 1 nitrogen and oxygen atoms in total. The summed E-state index contributed by atoms with van der Waals surface area (Å²) in [6.45, 7) is 5.82. The fraction of sp³-hybridized carbons (Fsp3) is 0.538. The quantitative estimate of drug-likeness (QED) is 0.796. The van der Waals surface area contributed by atoms with Crippen molar-refractivity contribution in [1.29, 1.82) is 0 Å². The maximum atomic E-state index is 6.10. The zero-order valence-electron chi connectivity index (χ0n) is 9.75. The van der Waals surface area contributed by atoms with E-state index in [1.54, 1.807) is 0 Å². The van der Waals surface area contributed by atoms with Crippen LogP contribution < -0.4 is 0 Å². The summed E-state index contributed by atoms with van der Waals surface area (Å²) in [6.07, 6.45) is 1.32. The third kappa shape index (κ3) is 2.08. The normalized spacial score (nSPS) is 30.9. The smallest absolute Gasteiger partial charge is 0.0595 e. The van der Waals surface area contributed by atoms with Crippen molar-refractivity contribution in [1.82, 2.24) is 4.90 Å². The first-order valence-corrected chi connectivity index (χ1v) is 6.59. The Morgan fingerprint density at radius 2 is 2.12 bits per heavy atom. The zero-order chi connectivity index (χ0) is 11.3. The van der Waals surface area contributed by atoms with E-state index in [0.29, 0.717) is 15.5 Å². The molecule has 0 N–H and O–H groups in total. The molecule has 3 rings (SSSR count). The molecule has 0 aromatic heterocycles. The average molecular weight is 293 g/mol. The van der Waals surface area contributed by atoms with Crippen molar-refractivity contribution in [3.8, 4) is 0 Å². The van der Waals surface area contributed by atoms with E-state index in [0.717, 1.165) is 12.5 Å². The van der Waals surface area contributed by atoms with Crippen molar-refractivity contribution < 1.29 is 0 Å². The van der Waals surface area contributed by atoms with Gasteiger partial charge in [0.2, 0.25) is 0 Å². The number of likely N-dealkylation sites (tertiary alicyclic amines) is 1. The molecule has 2 aliphatic rings. The minimum atomic E-state index is 0. The summed E-state index contributed by atoms with van der Waals surface area (Å²) >= 11 is 12.1. The molecule has 2 fully saturated rings. The molecule has 1 aromatic rings. The first kappa shape index (κ1) is 13.5. The molecule has 1 saturated carbocycles. The number of rotatable bonds is 2. The number of likely N-dealkylation sites (N-methyl/N-ethyl adjacent to an activating group) is 1. The van der Waals surface area contributed by atoms with Crippen LogP contribution in [0.5, 0.6) is 0 Å². The Hall–Kier alpha value is 0.0500. The number of fused-ring (bicyclic) bond motifs is 1. The van der Waals surface area contributed by atoms with Crippen molar-refractivity contribution in [2.75, 3.05) is 19.6 Å². The fourth-order valence-electron chi connectivity index (χ4n) is 3.08. The Balaban J connectivity index is 0.00000108. The number of halogens is 3. The number of hydrogen-bond acceptors (Lipinski definition) is 1. The molecule has 0 bridgehead atoms. The van der Waals surface area contributed by atoms with Gasteiger partial charge in [0.05, 0.1) is 10.0 Å². The summed E-state index contributed by atoms with van der Waals surface area (Å²) < 4.78 is 0. The Kier molecular flexibility index (Phi) is 3.66. The largest absolute Gasteiger partial charge is 0.302 e. The van der Waals surface area contributed by atoms with Gasteiger partial charge < -0.3 is 4.90 Å². The summed E-state index contributed by atoms with van der Waals surface area (Å²) in [7, 11) is 0. The predicted octanol–water partition coefficient (Wildman–Crippen LogP) is 4.01. The molecular formula is C13H16Cl3N. The molecule has 0 spiro atoms. The molecule has 1 aliphatic carbocycles. The van der Waals surface area contributed by atoms with E-state index in [1.165, 1.54) is 25.1 Å². The second-order valence-electron chi connectivity index (χ2n) is 5.01.